The molecule has 0 unspecified atom stereocenters. The molecule has 3 heterocycles. The van der Waals surface area contributed by atoms with Crippen molar-refractivity contribution in [1.29, 1.82) is 0 Å². The molecule has 1 aromatic carbocycles. The zero-order chi connectivity index (χ0) is 20.8. The molecule has 0 bridgehead atoms. The maximum Gasteiger partial charge on any atom is 0.226 e. The van der Waals surface area contributed by atoms with Crippen LogP contribution in [0.1, 0.15) is 50.3 Å². The number of fused-ring (bicyclic) bond motifs is 1. The molecule has 1 aromatic heterocycles. The average Bonchev–Trinajstić information content (AvgIpc) is 2.77. The Hall–Kier alpha value is -2.40. The van der Waals surface area contributed by atoms with E-state index >= 15 is 0 Å². The summed E-state index contributed by atoms with van der Waals surface area (Å²) in [5.74, 6) is 1.17. The third-order valence-electron chi connectivity index (χ3n) is 6.60. The van der Waals surface area contributed by atoms with E-state index < -0.39 is 0 Å². The van der Waals surface area contributed by atoms with E-state index in [1.54, 1.807) is 0 Å². The number of para-hydroxylation sites is 1. The Bertz CT molecular complexity index is 831. The topological polar surface area (TPSA) is 54.5 Å². The third kappa shape index (κ3) is 5.01. The Morgan fingerprint density at radius 2 is 1.90 bits per heavy atom. The molecule has 1 amide bonds. The van der Waals surface area contributed by atoms with Crippen molar-refractivity contribution in [3.05, 3.63) is 59.9 Å². The number of nitrogens with one attached hydrogen (secondary N) is 1. The Morgan fingerprint density at radius 1 is 1.10 bits per heavy atom. The standard InChI is InChI=1S/C25H33N3O2/c1-20-19-30-23-11-3-2-8-21(23)9-4-6-12-25(24(29)27-20)13-16-28(17-14-25)18-22-10-5-7-15-26-22/h2-3,5,7-8,10-11,15,20H,4,6,9,12-14,16-19H2,1H3,(H,27,29)/t20-/m0/s1. The second-order valence-corrected chi connectivity index (χ2v) is 8.88. The van der Waals surface area contributed by atoms with Gasteiger partial charge in [-0.2, -0.15) is 0 Å². The molecule has 5 nitrogen and oxygen atoms in total. The minimum Gasteiger partial charge on any atom is -0.491 e. The predicted molar refractivity (Wildman–Crippen MR) is 118 cm³/mol. The lowest BCUT2D eigenvalue weighted by molar-refractivity contribution is -0.135. The zero-order valence-electron chi connectivity index (χ0n) is 18.0. The summed E-state index contributed by atoms with van der Waals surface area (Å²) in [6.07, 6.45) is 7.80. The van der Waals surface area contributed by atoms with Crippen LogP contribution in [0.5, 0.6) is 5.75 Å². The second-order valence-electron chi connectivity index (χ2n) is 8.88. The maximum absolute atomic E-state index is 13.3. The summed E-state index contributed by atoms with van der Waals surface area (Å²) in [5, 5.41) is 3.26. The van der Waals surface area contributed by atoms with Crippen LogP contribution in [0.2, 0.25) is 0 Å². The van der Waals surface area contributed by atoms with E-state index in [2.05, 4.69) is 33.4 Å². The fraction of sp³-hybridized carbons (Fsp3) is 0.520. The van der Waals surface area contributed by atoms with E-state index in [4.69, 9.17) is 4.74 Å². The molecule has 2 aliphatic rings. The number of nitrogens with zero attached hydrogens (tertiary/aromatic N) is 2. The van der Waals surface area contributed by atoms with Gasteiger partial charge in [0.05, 0.1) is 17.2 Å². The Kier molecular flexibility index (Phi) is 6.68. The lowest BCUT2D eigenvalue weighted by Gasteiger charge is -2.41. The highest BCUT2D eigenvalue weighted by Gasteiger charge is 2.41. The molecular weight excluding hydrogens is 374 g/mol. The van der Waals surface area contributed by atoms with Crippen LogP contribution < -0.4 is 10.1 Å². The Morgan fingerprint density at radius 3 is 2.70 bits per heavy atom. The van der Waals surface area contributed by atoms with Crippen molar-refractivity contribution in [2.75, 3.05) is 19.7 Å². The number of pyridine rings is 1. The molecule has 1 fully saturated rings. The summed E-state index contributed by atoms with van der Waals surface area (Å²) in [5.41, 5.74) is 2.12. The van der Waals surface area contributed by atoms with Crippen molar-refractivity contribution in [2.45, 2.75) is 58.0 Å². The largest absolute Gasteiger partial charge is 0.491 e. The molecule has 2 aromatic rings. The van der Waals surface area contributed by atoms with Gasteiger partial charge in [-0.25, -0.2) is 0 Å². The van der Waals surface area contributed by atoms with E-state index in [0.29, 0.717) is 6.61 Å². The van der Waals surface area contributed by atoms with Gasteiger partial charge in [0.1, 0.15) is 12.4 Å². The van der Waals surface area contributed by atoms with E-state index in [-0.39, 0.29) is 17.4 Å². The molecule has 0 saturated carbocycles. The molecule has 1 atom stereocenters. The van der Waals surface area contributed by atoms with Crippen molar-refractivity contribution in [1.82, 2.24) is 15.2 Å². The highest BCUT2D eigenvalue weighted by molar-refractivity contribution is 5.83. The summed E-state index contributed by atoms with van der Waals surface area (Å²) < 4.78 is 6.05. The molecule has 5 heteroatoms. The van der Waals surface area contributed by atoms with E-state index in [1.165, 1.54) is 5.56 Å². The molecule has 4 rings (SSSR count). The second kappa shape index (κ2) is 9.61. The summed E-state index contributed by atoms with van der Waals surface area (Å²) in [6, 6.07) is 14.4. The lowest BCUT2D eigenvalue weighted by Crippen LogP contribution is -2.51. The fourth-order valence-electron chi connectivity index (χ4n) is 4.71. The van der Waals surface area contributed by atoms with Gasteiger partial charge < -0.3 is 10.1 Å². The predicted octanol–water partition coefficient (Wildman–Crippen LogP) is 3.97. The number of ether oxygens (including phenoxy) is 1. The van der Waals surface area contributed by atoms with Crippen molar-refractivity contribution in [3.8, 4) is 5.75 Å². The van der Waals surface area contributed by atoms with Gasteiger partial charge >= 0.3 is 0 Å². The van der Waals surface area contributed by atoms with Crippen LogP contribution in [0.4, 0.5) is 0 Å². The number of carbonyl (C=O) groups excluding carboxylic acids is 1. The van der Waals surface area contributed by atoms with E-state index in [9.17, 15) is 4.79 Å². The highest BCUT2D eigenvalue weighted by atomic mass is 16.5. The number of carbonyl (C=O) groups is 1. The molecule has 1 N–H and O–H groups in total. The van der Waals surface area contributed by atoms with Gasteiger partial charge in [0.25, 0.3) is 0 Å². The highest BCUT2D eigenvalue weighted by Crippen LogP contribution is 2.38. The zero-order valence-corrected chi connectivity index (χ0v) is 18.0. The van der Waals surface area contributed by atoms with Gasteiger partial charge in [-0.15, -0.1) is 0 Å². The van der Waals surface area contributed by atoms with Crippen molar-refractivity contribution in [3.63, 3.8) is 0 Å². The first-order valence-corrected chi connectivity index (χ1v) is 11.3. The first-order valence-electron chi connectivity index (χ1n) is 11.3. The van der Waals surface area contributed by atoms with Gasteiger partial charge in [0.2, 0.25) is 5.91 Å². The number of aromatic nitrogens is 1. The number of rotatable bonds is 2. The van der Waals surface area contributed by atoms with Gasteiger partial charge in [-0.3, -0.25) is 14.7 Å². The SMILES string of the molecule is C[C@H]1COc2ccccc2CCCCC2(CCN(Cc3ccccn3)CC2)C(=O)N1. The number of piperidine rings is 1. The summed E-state index contributed by atoms with van der Waals surface area (Å²) >= 11 is 0. The smallest absolute Gasteiger partial charge is 0.226 e. The maximum atomic E-state index is 13.3. The van der Waals surface area contributed by atoms with Crippen LogP contribution in [-0.2, 0) is 17.8 Å². The van der Waals surface area contributed by atoms with Crippen LogP contribution in [0.3, 0.4) is 0 Å². The average molecular weight is 408 g/mol. The first kappa shape index (κ1) is 20.9. The summed E-state index contributed by atoms with van der Waals surface area (Å²) in [4.78, 5) is 20.2. The molecule has 1 saturated heterocycles. The van der Waals surface area contributed by atoms with Crippen LogP contribution >= 0.6 is 0 Å². The number of aryl methyl sites for hydroxylation is 1. The van der Waals surface area contributed by atoms with Gasteiger partial charge in [-0.1, -0.05) is 30.7 Å². The van der Waals surface area contributed by atoms with Crippen molar-refractivity contribution >= 4 is 5.91 Å². The number of amides is 1. The van der Waals surface area contributed by atoms with Gasteiger partial charge in [0, 0.05) is 12.7 Å². The van der Waals surface area contributed by atoms with Crippen LogP contribution in [0.25, 0.3) is 0 Å². The van der Waals surface area contributed by atoms with Gasteiger partial charge in [-0.05, 0) is 75.9 Å². The molecule has 2 aliphatic heterocycles. The van der Waals surface area contributed by atoms with Gasteiger partial charge in [0.15, 0.2) is 0 Å². The fourth-order valence-corrected chi connectivity index (χ4v) is 4.71. The van der Waals surface area contributed by atoms with Crippen LogP contribution in [0, 0.1) is 5.41 Å². The normalized spacial score (nSPS) is 22.8. The molecule has 30 heavy (non-hydrogen) atoms. The number of hydrogen-bond donors (Lipinski definition) is 1. The molecule has 0 radical (unpaired) electrons. The lowest BCUT2D eigenvalue weighted by atomic mass is 9.73. The van der Waals surface area contributed by atoms with Crippen LogP contribution in [0.15, 0.2) is 48.7 Å². The van der Waals surface area contributed by atoms with Crippen LogP contribution in [-0.4, -0.2) is 41.5 Å². The molecular formula is C25H33N3O2. The number of benzene rings is 1. The quantitative estimate of drug-likeness (QED) is 0.818. The monoisotopic (exact) mass is 407 g/mol. The third-order valence-corrected chi connectivity index (χ3v) is 6.60. The minimum absolute atomic E-state index is 0.00611. The van der Waals surface area contributed by atoms with Crippen molar-refractivity contribution in [2.24, 2.45) is 5.41 Å². The molecule has 160 valence electrons. The molecule has 1 spiro atoms. The van der Waals surface area contributed by atoms with E-state index in [1.807, 2.05) is 37.4 Å². The minimum atomic E-state index is -0.256. The number of likely N-dealkylation sites (tertiary alicyclic amines) is 1. The van der Waals surface area contributed by atoms with Crippen molar-refractivity contribution < 1.29 is 9.53 Å². The Labute approximate surface area is 179 Å². The summed E-state index contributed by atoms with van der Waals surface area (Å²) in [6.45, 7) is 5.29. The first-order chi connectivity index (χ1) is 14.6. The van der Waals surface area contributed by atoms with E-state index in [0.717, 1.165) is 69.6 Å². The number of hydrogen-bond acceptors (Lipinski definition) is 4. The summed E-state index contributed by atoms with van der Waals surface area (Å²) in [7, 11) is 0. The molecule has 0 aliphatic carbocycles. The Balaban J connectivity index is 1.42.